The highest BCUT2D eigenvalue weighted by Crippen LogP contribution is 2.40. The molecule has 0 aliphatic carbocycles. The van der Waals surface area contributed by atoms with E-state index < -0.39 is 17.6 Å². The van der Waals surface area contributed by atoms with E-state index >= 15 is 0 Å². The first kappa shape index (κ1) is 26.4. The molecule has 1 aromatic heterocycles. The minimum atomic E-state index is -4.82. The molecule has 204 valence electrons. The Morgan fingerprint density at radius 3 is 2.76 bits per heavy atom. The zero-order valence-corrected chi connectivity index (χ0v) is 21.3. The lowest BCUT2D eigenvalue weighted by atomic mass is 10.0. The van der Waals surface area contributed by atoms with Crippen molar-refractivity contribution in [1.29, 1.82) is 5.26 Å². The molecule has 0 saturated carbocycles. The molecule has 0 bridgehead atoms. The van der Waals surface area contributed by atoms with Crippen molar-refractivity contribution < 1.29 is 22.3 Å². The van der Waals surface area contributed by atoms with E-state index in [0.717, 1.165) is 31.0 Å². The van der Waals surface area contributed by atoms with Gasteiger partial charge in [0.25, 0.3) is 0 Å². The van der Waals surface area contributed by atoms with E-state index in [9.17, 15) is 22.8 Å². The fourth-order valence-corrected chi connectivity index (χ4v) is 5.60. The molecule has 2 aromatic rings. The largest absolute Gasteiger partial charge is 0.462 e. The lowest BCUT2D eigenvalue weighted by Crippen LogP contribution is -2.51. The van der Waals surface area contributed by atoms with E-state index in [2.05, 4.69) is 26.2 Å². The third-order valence-electron chi connectivity index (χ3n) is 7.61. The first-order chi connectivity index (χ1) is 18.2. The normalized spacial score (nSPS) is 22.3. The second-order valence-electron chi connectivity index (χ2n) is 10.1. The summed E-state index contributed by atoms with van der Waals surface area (Å²) in [6.45, 7) is 3.67. The van der Waals surface area contributed by atoms with Crippen LogP contribution in [-0.4, -0.2) is 73.3 Å². The second kappa shape index (κ2) is 10.9. The number of nitriles is 1. The number of fused-ring (bicyclic) bond motifs is 1. The number of nitrogens with zero attached hydrogens (tertiary/aromatic N) is 6. The third kappa shape index (κ3) is 5.49. The molecule has 3 aliphatic heterocycles. The SMILES string of the molecule is CN1CCC[C@H]1COc1nc2c(c(N3CCN[C@@H](CC#N)C3)n1)CCN(c1cccc(F)c1C(F)(F)F)C2. The van der Waals surface area contributed by atoms with Crippen LogP contribution in [0.15, 0.2) is 18.2 Å². The first-order valence-electron chi connectivity index (χ1n) is 12.9. The predicted octanol–water partition coefficient (Wildman–Crippen LogP) is 3.36. The minimum Gasteiger partial charge on any atom is -0.462 e. The highest BCUT2D eigenvalue weighted by molar-refractivity contribution is 5.59. The Morgan fingerprint density at radius 1 is 1.18 bits per heavy atom. The fraction of sp³-hybridized carbons (Fsp3) is 0.577. The van der Waals surface area contributed by atoms with Gasteiger partial charge < -0.3 is 24.8 Å². The summed E-state index contributed by atoms with van der Waals surface area (Å²) >= 11 is 0. The van der Waals surface area contributed by atoms with Gasteiger partial charge in [-0.25, -0.2) is 4.39 Å². The average molecular weight is 534 g/mol. The number of likely N-dealkylation sites (tertiary alicyclic amines) is 1. The minimum absolute atomic E-state index is 0.0161. The molecule has 0 amide bonds. The molecule has 3 aliphatic rings. The molecular weight excluding hydrogens is 502 g/mol. The number of aromatic nitrogens is 2. The van der Waals surface area contributed by atoms with Crippen molar-refractivity contribution in [2.45, 2.75) is 50.5 Å². The zero-order valence-electron chi connectivity index (χ0n) is 21.3. The molecule has 1 N–H and O–H groups in total. The quantitative estimate of drug-likeness (QED) is 0.567. The molecular formula is C26H31F4N7O. The van der Waals surface area contributed by atoms with E-state index in [1.807, 2.05) is 7.05 Å². The summed E-state index contributed by atoms with van der Waals surface area (Å²) in [5, 5.41) is 12.5. The Bertz CT molecular complexity index is 1200. The van der Waals surface area contributed by atoms with Crippen LogP contribution in [0.5, 0.6) is 6.01 Å². The summed E-state index contributed by atoms with van der Waals surface area (Å²) in [5.74, 6) is -0.595. The number of piperazine rings is 1. The van der Waals surface area contributed by atoms with Gasteiger partial charge in [-0.1, -0.05) is 6.07 Å². The van der Waals surface area contributed by atoms with Crippen molar-refractivity contribution in [3.05, 3.63) is 40.8 Å². The monoisotopic (exact) mass is 533 g/mol. The van der Waals surface area contributed by atoms with Gasteiger partial charge in [-0.2, -0.15) is 28.4 Å². The number of anilines is 2. The van der Waals surface area contributed by atoms with Crippen molar-refractivity contribution in [2.75, 3.05) is 56.2 Å². The van der Waals surface area contributed by atoms with Gasteiger partial charge in [-0.3, -0.25) is 0 Å². The Labute approximate surface area is 219 Å². The van der Waals surface area contributed by atoms with Gasteiger partial charge in [-0.05, 0) is 45.0 Å². The van der Waals surface area contributed by atoms with Crippen molar-refractivity contribution in [1.82, 2.24) is 20.2 Å². The van der Waals surface area contributed by atoms with Gasteiger partial charge in [-0.15, -0.1) is 0 Å². The van der Waals surface area contributed by atoms with Crippen LogP contribution in [0.25, 0.3) is 0 Å². The number of alkyl halides is 3. The van der Waals surface area contributed by atoms with Gasteiger partial charge in [0, 0.05) is 43.8 Å². The number of likely N-dealkylation sites (N-methyl/N-ethyl adjacent to an activating group) is 1. The van der Waals surface area contributed by atoms with E-state index in [1.54, 1.807) is 0 Å². The maximum absolute atomic E-state index is 14.3. The highest BCUT2D eigenvalue weighted by Gasteiger charge is 2.39. The Hall–Kier alpha value is -3.17. The van der Waals surface area contributed by atoms with Crippen LogP contribution in [0.2, 0.25) is 0 Å². The summed E-state index contributed by atoms with van der Waals surface area (Å²) in [4.78, 5) is 15.3. The molecule has 0 radical (unpaired) electrons. The number of ether oxygens (including phenoxy) is 1. The highest BCUT2D eigenvalue weighted by atomic mass is 19.4. The predicted molar refractivity (Wildman–Crippen MR) is 134 cm³/mol. The zero-order chi connectivity index (χ0) is 26.9. The van der Waals surface area contributed by atoms with Crippen LogP contribution in [0.3, 0.4) is 0 Å². The fourth-order valence-electron chi connectivity index (χ4n) is 5.60. The molecule has 5 rings (SSSR count). The number of nitrogens with one attached hydrogen (secondary N) is 1. The van der Waals surface area contributed by atoms with Gasteiger partial charge >= 0.3 is 12.2 Å². The second-order valence-corrected chi connectivity index (χ2v) is 10.1. The molecule has 8 nitrogen and oxygen atoms in total. The van der Waals surface area contributed by atoms with E-state index in [4.69, 9.17) is 9.72 Å². The summed E-state index contributed by atoms with van der Waals surface area (Å²) in [7, 11) is 2.05. The first-order valence-corrected chi connectivity index (χ1v) is 12.9. The van der Waals surface area contributed by atoms with Crippen molar-refractivity contribution in [2.24, 2.45) is 0 Å². The Morgan fingerprint density at radius 2 is 2.03 bits per heavy atom. The number of halogens is 4. The Kier molecular flexibility index (Phi) is 7.59. The van der Waals surface area contributed by atoms with Crippen molar-refractivity contribution >= 4 is 11.5 Å². The third-order valence-corrected chi connectivity index (χ3v) is 7.61. The lowest BCUT2D eigenvalue weighted by molar-refractivity contribution is -0.139. The number of hydrogen-bond donors (Lipinski definition) is 1. The number of hydrogen-bond acceptors (Lipinski definition) is 8. The van der Waals surface area contributed by atoms with E-state index in [0.29, 0.717) is 50.6 Å². The van der Waals surface area contributed by atoms with Gasteiger partial charge in [0.05, 0.1) is 30.4 Å². The summed E-state index contributed by atoms with van der Waals surface area (Å²) in [5.41, 5.74) is -0.0347. The van der Waals surface area contributed by atoms with Crippen LogP contribution >= 0.6 is 0 Å². The van der Waals surface area contributed by atoms with E-state index in [1.165, 1.54) is 17.0 Å². The standard InChI is InChI=1S/C26H31F4N7O/c1-35-11-3-4-18(35)16-38-25-33-21-15-36(22-6-2-5-20(27)23(22)26(28,29)30)12-8-19(21)24(34-25)37-13-10-32-17(14-37)7-9-31/h2,5-6,17-18,32H,3-4,7-8,10-16H2,1H3/t17-,18-/m0/s1. The van der Waals surface area contributed by atoms with Crippen LogP contribution in [-0.2, 0) is 19.1 Å². The maximum atomic E-state index is 14.3. The van der Waals surface area contributed by atoms with Crippen LogP contribution in [0.1, 0.15) is 36.1 Å². The lowest BCUT2D eigenvalue weighted by Gasteiger charge is -2.37. The Balaban J connectivity index is 1.47. The van der Waals surface area contributed by atoms with Crippen LogP contribution < -0.4 is 19.9 Å². The average Bonchev–Trinajstić information content (AvgIpc) is 3.30. The van der Waals surface area contributed by atoms with Crippen molar-refractivity contribution in [3.8, 4) is 12.1 Å². The number of benzene rings is 1. The van der Waals surface area contributed by atoms with Crippen molar-refractivity contribution in [3.63, 3.8) is 0 Å². The van der Waals surface area contributed by atoms with Gasteiger partial charge in [0.2, 0.25) is 0 Å². The molecule has 0 unspecified atom stereocenters. The van der Waals surface area contributed by atoms with Gasteiger partial charge in [0.1, 0.15) is 23.8 Å². The molecule has 38 heavy (non-hydrogen) atoms. The summed E-state index contributed by atoms with van der Waals surface area (Å²) < 4.78 is 61.6. The molecule has 2 fully saturated rings. The maximum Gasteiger partial charge on any atom is 0.421 e. The summed E-state index contributed by atoms with van der Waals surface area (Å²) in [6, 6.07) is 6.05. The number of rotatable bonds is 6. The van der Waals surface area contributed by atoms with Crippen LogP contribution in [0, 0.1) is 17.1 Å². The topological polar surface area (TPSA) is 80.5 Å². The molecule has 1 aromatic carbocycles. The summed E-state index contributed by atoms with van der Waals surface area (Å²) in [6.07, 6.45) is -1.97. The molecule has 4 heterocycles. The molecule has 2 saturated heterocycles. The molecule has 12 heteroatoms. The van der Waals surface area contributed by atoms with Gasteiger partial charge in [0.15, 0.2) is 0 Å². The van der Waals surface area contributed by atoms with E-state index in [-0.39, 0.29) is 36.9 Å². The molecule has 0 spiro atoms. The molecule has 2 atom stereocenters. The smallest absolute Gasteiger partial charge is 0.421 e. The van der Waals surface area contributed by atoms with Crippen LogP contribution in [0.4, 0.5) is 29.1 Å².